The maximum atomic E-state index is 12.2. The van der Waals surface area contributed by atoms with Crippen LogP contribution in [0.25, 0.3) is 10.8 Å². The molecule has 24 heavy (non-hydrogen) atoms. The van der Waals surface area contributed by atoms with Crippen molar-refractivity contribution >= 4 is 28.4 Å². The van der Waals surface area contributed by atoms with Crippen LogP contribution >= 0.6 is 11.8 Å². The minimum absolute atomic E-state index is 0.0428. The van der Waals surface area contributed by atoms with Gasteiger partial charge in [0.25, 0.3) is 0 Å². The number of hydrogen-bond acceptors (Lipinski definition) is 4. The van der Waals surface area contributed by atoms with Gasteiger partial charge in [-0.1, -0.05) is 63.7 Å². The van der Waals surface area contributed by atoms with E-state index in [0.29, 0.717) is 12.3 Å². The molecule has 1 aromatic carbocycles. The molecule has 0 fully saturated rings. The van der Waals surface area contributed by atoms with Gasteiger partial charge >= 0.3 is 0 Å². The van der Waals surface area contributed by atoms with Crippen LogP contribution in [0.5, 0.6) is 0 Å². The first kappa shape index (κ1) is 18.7. The first-order chi connectivity index (χ1) is 11.3. The third kappa shape index (κ3) is 4.71. The molecule has 2 rings (SSSR count). The number of nitrogens with one attached hydrogen (secondary N) is 1. The lowest BCUT2D eigenvalue weighted by molar-refractivity contribution is -0.119. The highest BCUT2D eigenvalue weighted by atomic mass is 32.2. The zero-order valence-corrected chi connectivity index (χ0v) is 15.6. The number of carbonyl (C=O) groups is 1. The second kappa shape index (κ2) is 7.99. The van der Waals surface area contributed by atoms with Crippen LogP contribution in [0.1, 0.15) is 27.7 Å². The van der Waals surface area contributed by atoms with Gasteiger partial charge in [0.05, 0.1) is 11.9 Å². The van der Waals surface area contributed by atoms with E-state index in [0.717, 1.165) is 15.8 Å². The molecule has 2 N–H and O–H groups in total. The van der Waals surface area contributed by atoms with Crippen LogP contribution in [0.3, 0.4) is 0 Å². The van der Waals surface area contributed by atoms with E-state index in [1.165, 1.54) is 11.8 Å². The fourth-order valence-corrected chi connectivity index (χ4v) is 3.57. The van der Waals surface area contributed by atoms with E-state index in [2.05, 4.69) is 10.3 Å². The van der Waals surface area contributed by atoms with Crippen LogP contribution in [-0.2, 0) is 4.79 Å². The molecule has 1 aromatic heterocycles. The number of aromatic nitrogens is 1. The summed E-state index contributed by atoms with van der Waals surface area (Å²) < 4.78 is 0. The Kier molecular flexibility index (Phi) is 6.24. The first-order valence-electron chi connectivity index (χ1n) is 8.22. The smallest absolute Gasteiger partial charge is 0.230 e. The second-order valence-corrected chi connectivity index (χ2v) is 8.04. The molecule has 5 heteroatoms. The van der Waals surface area contributed by atoms with E-state index in [9.17, 15) is 9.90 Å². The Bertz CT molecular complexity index is 695. The highest BCUT2D eigenvalue weighted by Crippen LogP contribution is 2.26. The molecular formula is C19H26N2O2S. The summed E-state index contributed by atoms with van der Waals surface area (Å²) in [5.74, 6) is 0.430. The lowest BCUT2D eigenvalue weighted by Crippen LogP contribution is -2.44. The lowest BCUT2D eigenvalue weighted by atomic mass is 9.81. The fourth-order valence-electron chi connectivity index (χ4n) is 2.73. The lowest BCUT2D eigenvalue weighted by Gasteiger charge is -2.33. The van der Waals surface area contributed by atoms with Gasteiger partial charge in [0, 0.05) is 23.5 Å². The highest BCUT2D eigenvalue weighted by Gasteiger charge is 2.30. The monoisotopic (exact) mass is 346 g/mol. The van der Waals surface area contributed by atoms with Gasteiger partial charge in [-0.2, -0.15) is 0 Å². The average Bonchev–Trinajstić information content (AvgIpc) is 2.57. The number of nitrogens with zero attached hydrogens (tertiary/aromatic N) is 1. The van der Waals surface area contributed by atoms with Crippen molar-refractivity contribution in [2.24, 2.45) is 11.3 Å². The van der Waals surface area contributed by atoms with Gasteiger partial charge in [0.2, 0.25) is 5.91 Å². The quantitative estimate of drug-likeness (QED) is 0.754. The molecule has 0 saturated carbocycles. The summed E-state index contributed by atoms with van der Waals surface area (Å²) in [5, 5.41) is 16.2. The molecule has 4 nitrogen and oxygen atoms in total. The fraction of sp³-hybridized carbons (Fsp3) is 0.474. The molecular weight excluding hydrogens is 320 g/mol. The number of thioether (sulfide) groups is 1. The van der Waals surface area contributed by atoms with Gasteiger partial charge in [0.15, 0.2) is 0 Å². The summed E-state index contributed by atoms with van der Waals surface area (Å²) in [4.78, 5) is 16.5. The molecule has 0 bridgehead atoms. The Hall–Kier alpha value is -1.59. The maximum Gasteiger partial charge on any atom is 0.230 e. The minimum Gasteiger partial charge on any atom is -0.392 e. The van der Waals surface area contributed by atoms with Gasteiger partial charge in [-0.25, -0.2) is 4.98 Å². The number of pyridine rings is 1. The zero-order chi connectivity index (χ0) is 17.7. The summed E-state index contributed by atoms with van der Waals surface area (Å²) in [5.41, 5.74) is -0.355. The second-order valence-electron chi connectivity index (χ2n) is 7.08. The summed E-state index contributed by atoms with van der Waals surface area (Å²) in [6.45, 7) is 8.36. The molecule has 1 amide bonds. The van der Waals surface area contributed by atoms with Crippen LogP contribution in [0.15, 0.2) is 41.6 Å². The van der Waals surface area contributed by atoms with Crippen molar-refractivity contribution in [1.82, 2.24) is 10.3 Å². The maximum absolute atomic E-state index is 12.2. The van der Waals surface area contributed by atoms with Crippen LogP contribution < -0.4 is 5.32 Å². The number of hydrogen-bond donors (Lipinski definition) is 2. The van der Waals surface area contributed by atoms with Crippen molar-refractivity contribution in [2.45, 2.75) is 38.8 Å². The number of carbonyl (C=O) groups excluding carboxylic acids is 1. The largest absolute Gasteiger partial charge is 0.392 e. The molecule has 0 radical (unpaired) electrons. The normalized spacial score (nSPS) is 13.2. The Morgan fingerprint density at radius 1 is 1.29 bits per heavy atom. The number of aliphatic hydroxyl groups is 1. The van der Waals surface area contributed by atoms with Crippen LogP contribution in [0.4, 0.5) is 0 Å². The number of fused-ring (bicyclic) bond motifs is 1. The third-order valence-corrected chi connectivity index (χ3v) is 5.16. The molecule has 130 valence electrons. The molecule has 0 spiro atoms. The molecule has 0 aliphatic rings. The minimum atomic E-state index is -0.454. The number of rotatable bonds is 7. The highest BCUT2D eigenvalue weighted by molar-refractivity contribution is 8.00. The Balaban J connectivity index is 1.91. The van der Waals surface area contributed by atoms with Gasteiger partial charge in [-0.15, -0.1) is 0 Å². The van der Waals surface area contributed by atoms with Crippen molar-refractivity contribution in [3.05, 3.63) is 36.5 Å². The average molecular weight is 346 g/mol. The summed E-state index contributed by atoms with van der Waals surface area (Å²) >= 11 is 1.44. The van der Waals surface area contributed by atoms with Gasteiger partial charge in [-0.3, -0.25) is 4.79 Å². The van der Waals surface area contributed by atoms with Gasteiger partial charge < -0.3 is 10.4 Å². The topological polar surface area (TPSA) is 62.2 Å². The summed E-state index contributed by atoms with van der Waals surface area (Å²) in [6, 6.07) is 9.99. The summed E-state index contributed by atoms with van der Waals surface area (Å²) in [7, 11) is 0. The third-order valence-electron chi connectivity index (χ3n) is 4.15. The number of benzene rings is 1. The van der Waals surface area contributed by atoms with Gasteiger partial charge in [-0.05, 0) is 17.4 Å². The predicted molar refractivity (Wildman–Crippen MR) is 100 cm³/mol. The first-order valence-corrected chi connectivity index (χ1v) is 9.21. The van der Waals surface area contributed by atoms with E-state index >= 15 is 0 Å². The van der Waals surface area contributed by atoms with Crippen molar-refractivity contribution in [3.8, 4) is 0 Å². The van der Waals surface area contributed by atoms with Crippen molar-refractivity contribution in [1.29, 1.82) is 0 Å². The molecule has 1 atom stereocenters. The van der Waals surface area contributed by atoms with E-state index in [1.807, 2.05) is 58.0 Å². The van der Waals surface area contributed by atoms with Crippen LogP contribution in [-0.4, -0.2) is 34.4 Å². The van der Waals surface area contributed by atoms with E-state index in [4.69, 9.17) is 0 Å². The van der Waals surface area contributed by atoms with Crippen molar-refractivity contribution < 1.29 is 9.90 Å². The Morgan fingerprint density at radius 3 is 2.71 bits per heavy atom. The molecule has 2 aromatic rings. The number of aliphatic hydroxyl groups excluding tert-OH is 1. The van der Waals surface area contributed by atoms with Crippen LogP contribution in [0.2, 0.25) is 0 Å². The Labute approximate surface area is 148 Å². The summed E-state index contributed by atoms with van der Waals surface area (Å²) in [6.07, 6.45) is 1.31. The van der Waals surface area contributed by atoms with E-state index in [1.54, 1.807) is 6.20 Å². The van der Waals surface area contributed by atoms with Crippen molar-refractivity contribution in [3.63, 3.8) is 0 Å². The van der Waals surface area contributed by atoms with Crippen LogP contribution in [0, 0.1) is 11.3 Å². The number of amides is 1. The molecule has 0 aliphatic carbocycles. The van der Waals surface area contributed by atoms with E-state index in [-0.39, 0.29) is 17.2 Å². The van der Waals surface area contributed by atoms with Crippen molar-refractivity contribution in [2.75, 3.05) is 12.3 Å². The molecule has 0 aliphatic heterocycles. The molecule has 1 heterocycles. The Morgan fingerprint density at radius 2 is 2.00 bits per heavy atom. The molecule has 0 saturated heterocycles. The predicted octanol–water partition coefficient (Wildman–Crippen LogP) is 3.49. The zero-order valence-electron chi connectivity index (χ0n) is 14.7. The standard InChI is InChI=1S/C19H26N2O2S/c1-13(2)17(23)19(3,4)12-21-16(22)11-24-18-15-8-6-5-7-14(15)9-10-20-18/h5-10,13,17,23H,11-12H2,1-4H3,(H,21,22). The molecule has 1 unspecified atom stereocenters. The van der Waals surface area contributed by atoms with E-state index < -0.39 is 6.10 Å². The SMILES string of the molecule is CC(C)C(O)C(C)(C)CNC(=O)CSc1nccc2ccccc12. The van der Waals surface area contributed by atoms with Gasteiger partial charge in [0.1, 0.15) is 5.03 Å².